The fourth-order valence-corrected chi connectivity index (χ4v) is 2.26. The molecule has 1 aromatic heterocycles. The Kier molecular flexibility index (Phi) is 4.88. The van der Waals surface area contributed by atoms with Crippen LogP contribution in [0.25, 0.3) is 0 Å². The standard InChI is InChI=1S/C15H16ClFN2/c1-18-12(9-11-5-2-3-8-19-11)10-13-14(16)6-4-7-15(13)17/h2-8,12,18H,9-10H2,1H3. The lowest BCUT2D eigenvalue weighted by molar-refractivity contribution is 0.528. The summed E-state index contributed by atoms with van der Waals surface area (Å²) in [6.45, 7) is 0. The van der Waals surface area contributed by atoms with Gasteiger partial charge in [-0.05, 0) is 37.7 Å². The number of benzene rings is 1. The Balaban J connectivity index is 2.11. The maximum Gasteiger partial charge on any atom is 0.127 e. The molecule has 0 aliphatic rings. The zero-order valence-corrected chi connectivity index (χ0v) is 11.5. The molecule has 19 heavy (non-hydrogen) atoms. The summed E-state index contributed by atoms with van der Waals surface area (Å²) >= 11 is 6.05. The van der Waals surface area contributed by atoms with Gasteiger partial charge < -0.3 is 5.32 Å². The molecule has 1 unspecified atom stereocenters. The van der Waals surface area contributed by atoms with Crippen molar-refractivity contribution in [3.8, 4) is 0 Å². The van der Waals surface area contributed by atoms with E-state index in [0.29, 0.717) is 17.0 Å². The minimum atomic E-state index is -0.256. The number of aromatic nitrogens is 1. The van der Waals surface area contributed by atoms with Crippen molar-refractivity contribution in [3.05, 3.63) is 64.7 Å². The lowest BCUT2D eigenvalue weighted by Crippen LogP contribution is -2.30. The second-order valence-corrected chi connectivity index (χ2v) is 4.82. The number of nitrogens with one attached hydrogen (secondary N) is 1. The number of nitrogens with zero attached hydrogens (tertiary/aromatic N) is 1. The zero-order valence-electron chi connectivity index (χ0n) is 10.7. The molecule has 4 heteroatoms. The topological polar surface area (TPSA) is 24.9 Å². The number of likely N-dealkylation sites (N-methyl/N-ethyl adjacent to an activating group) is 1. The van der Waals surface area contributed by atoms with Gasteiger partial charge in [0.25, 0.3) is 0 Å². The lowest BCUT2D eigenvalue weighted by Gasteiger charge is -2.17. The molecule has 2 rings (SSSR count). The van der Waals surface area contributed by atoms with Gasteiger partial charge in [0.1, 0.15) is 5.82 Å². The van der Waals surface area contributed by atoms with Crippen molar-refractivity contribution in [2.24, 2.45) is 0 Å². The molecule has 0 aliphatic heterocycles. The number of hydrogen-bond acceptors (Lipinski definition) is 2. The summed E-state index contributed by atoms with van der Waals surface area (Å²) < 4.78 is 13.8. The van der Waals surface area contributed by atoms with Crippen molar-refractivity contribution in [3.63, 3.8) is 0 Å². The third-order valence-electron chi connectivity index (χ3n) is 3.10. The van der Waals surface area contributed by atoms with Crippen LogP contribution in [-0.2, 0) is 12.8 Å². The van der Waals surface area contributed by atoms with Crippen molar-refractivity contribution in [1.82, 2.24) is 10.3 Å². The number of rotatable bonds is 5. The maximum absolute atomic E-state index is 13.8. The molecule has 0 fully saturated rings. The van der Waals surface area contributed by atoms with Gasteiger partial charge in [-0.2, -0.15) is 0 Å². The molecule has 1 N–H and O–H groups in total. The Labute approximate surface area is 117 Å². The Morgan fingerprint density at radius 3 is 2.68 bits per heavy atom. The van der Waals surface area contributed by atoms with Crippen LogP contribution in [0.1, 0.15) is 11.3 Å². The molecule has 2 aromatic rings. The van der Waals surface area contributed by atoms with E-state index in [1.165, 1.54) is 6.07 Å². The van der Waals surface area contributed by atoms with E-state index in [4.69, 9.17) is 11.6 Å². The fourth-order valence-electron chi connectivity index (χ4n) is 2.02. The van der Waals surface area contributed by atoms with Crippen LogP contribution < -0.4 is 5.32 Å². The predicted molar refractivity (Wildman–Crippen MR) is 75.9 cm³/mol. The first kappa shape index (κ1) is 14.0. The number of pyridine rings is 1. The highest BCUT2D eigenvalue weighted by atomic mass is 35.5. The molecule has 0 spiro atoms. The van der Waals surface area contributed by atoms with E-state index in [9.17, 15) is 4.39 Å². The quantitative estimate of drug-likeness (QED) is 0.908. The molecule has 0 saturated carbocycles. The summed E-state index contributed by atoms with van der Waals surface area (Å²) in [5.74, 6) is -0.256. The zero-order chi connectivity index (χ0) is 13.7. The number of halogens is 2. The Hall–Kier alpha value is -1.45. The SMILES string of the molecule is CNC(Cc1ccccn1)Cc1c(F)cccc1Cl. The summed E-state index contributed by atoms with van der Waals surface area (Å²) in [6.07, 6.45) is 3.04. The van der Waals surface area contributed by atoms with Crippen LogP contribution in [0, 0.1) is 5.82 Å². The van der Waals surface area contributed by atoms with E-state index in [0.717, 1.165) is 12.1 Å². The van der Waals surface area contributed by atoms with E-state index >= 15 is 0 Å². The van der Waals surface area contributed by atoms with Crippen molar-refractivity contribution in [2.45, 2.75) is 18.9 Å². The summed E-state index contributed by atoms with van der Waals surface area (Å²) in [7, 11) is 1.86. The van der Waals surface area contributed by atoms with E-state index in [1.54, 1.807) is 18.3 Å². The Morgan fingerprint density at radius 2 is 2.05 bits per heavy atom. The Morgan fingerprint density at radius 1 is 1.21 bits per heavy atom. The molecule has 1 heterocycles. The van der Waals surface area contributed by atoms with Gasteiger partial charge in [-0.25, -0.2) is 4.39 Å². The lowest BCUT2D eigenvalue weighted by atomic mass is 10.0. The van der Waals surface area contributed by atoms with Crippen LogP contribution in [0.3, 0.4) is 0 Å². The molecular formula is C15H16ClFN2. The van der Waals surface area contributed by atoms with E-state index in [2.05, 4.69) is 10.3 Å². The molecule has 2 nitrogen and oxygen atoms in total. The molecule has 100 valence electrons. The van der Waals surface area contributed by atoms with E-state index < -0.39 is 0 Å². The van der Waals surface area contributed by atoms with Gasteiger partial charge in [0.05, 0.1) is 0 Å². The largest absolute Gasteiger partial charge is 0.316 e. The van der Waals surface area contributed by atoms with Crippen LogP contribution in [0.15, 0.2) is 42.6 Å². The summed E-state index contributed by atoms with van der Waals surface area (Å²) in [5.41, 5.74) is 1.54. The average molecular weight is 279 g/mol. The third kappa shape index (κ3) is 3.75. The van der Waals surface area contributed by atoms with Crippen molar-refractivity contribution < 1.29 is 4.39 Å². The first-order chi connectivity index (χ1) is 9.20. The fraction of sp³-hybridized carbons (Fsp3) is 0.267. The maximum atomic E-state index is 13.8. The van der Waals surface area contributed by atoms with Crippen molar-refractivity contribution >= 4 is 11.6 Å². The van der Waals surface area contributed by atoms with E-state index in [1.807, 2.05) is 25.2 Å². The summed E-state index contributed by atoms with van der Waals surface area (Å²) in [5, 5.41) is 3.66. The minimum absolute atomic E-state index is 0.101. The smallest absolute Gasteiger partial charge is 0.127 e. The Bertz CT molecular complexity index is 511. The number of hydrogen-bond donors (Lipinski definition) is 1. The molecular weight excluding hydrogens is 263 g/mol. The predicted octanol–water partition coefficient (Wildman–Crippen LogP) is 3.25. The van der Waals surface area contributed by atoms with Crippen LogP contribution in [0.2, 0.25) is 5.02 Å². The van der Waals surface area contributed by atoms with Gasteiger partial charge in [0.2, 0.25) is 0 Å². The van der Waals surface area contributed by atoms with Crippen molar-refractivity contribution in [1.29, 1.82) is 0 Å². The summed E-state index contributed by atoms with van der Waals surface area (Å²) in [6, 6.07) is 10.7. The molecule has 0 radical (unpaired) electrons. The van der Waals surface area contributed by atoms with Gasteiger partial charge in [-0.1, -0.05) is 23.7 Å². The van der Waals surface area contributed by atoms with Crippen LogP contribution >= 0.6 is 11.6 Å². The second kappa shape index (κ2) is 6.64. The van der Waals surface area contributed by atoms with Gasteiger partial charge in [-0.15, -0.1) is 0 Å². The molecule has 1 atom stereocenters. The van der Waals surface area contributed by atoms with Gasteiger partial charge >= 0.3 is 0 Å². The van der Waals surface area contributed by atoms with Crippen LogP contribution in [0.5, 0.6) is 0 Å². The first-order valence-corrected chi connectivity index (χ1v) is 6.58. The highest BCUT2D eigenvalue weighted by molar-refractivity contribution is 6.31. The molecule has 0 aliphatic carbocycles. The van der Waals surface area contributed by atoms with Crippen LogP contribution in [0.4, 0.5) is 4.39 Å². The molecule has 0 saturated heterocycles. The van der Waals surface area contributed by atoms with Gasteiger partial charge in [0, 0.05) is 34.9 Å². The first-order valence-electron chi connectivity index (χ1n) is 6.20. The highest BCUT2D eigenvalue weighted by Gasteiger charge is 2.14. The average Bonchev–Trinajstić information content (AvgIpc) is 2.43. The molecule has 1 aromatic carbocycles. The summed E-state index contributed by atoms with van der Waals surface area (Å²) in [4.78, 5) is 4.29. The van der Waals surface area contributed by atoms with E-state index in [-0.39, 0.29) is 11.9 Å². The van der Waals surface area contributed by atoms with Crippen molar-refractivity contribution in [2.75, 3.05) is 7.05 Å². The third-order valence-corrected chi connectivity index (χ3v) is 3.46. The normalized spacial score (nSPS) is 12.4. The molecule has 0 amide bonds. The minimum Gasteiger partial charge on any atom is -0.316 e. The highest BCUT2D eigenvalue weighted by Crippen LogP contribution is 2.21. The second-order valence-electron chi connectivity index (χ2n) is 4.42. The monoisotopic (exact) mass is 278 g/mol. The van der Waals surface area contributed by atoms with Gasteiger partial charge in [-0.3, -0.25) is 4.98 Å². The molecule has 0 bridgehead atoms. The van der Waals surface area contributed by atoms with Crippen LogP contribution in [-0.4, -0.2) is 18.1 Å². The van der Waals surface area contributed by atoms with Gasteiger partial charge in [0.15, 0.2) is 0 Å².